The zero-order valence-electron chi connectivity index (χ0n) is 11.7. The Bertz CT molecular complexity index is 363. The maximum Gasteiger partial charge on any atom is 0.0788 e. The van der Waals surface area contributed by atoms with Crippen molar-refractivity contribution in [3.05, 3.63) is 29.8 Å². The van der Waals surface area contributed by atoms with Gasteiger partial charge in [-0.15, -0.1) is 0 Å². The Labute approximate surface area is 105 Å². The molecule has 17 heavy (non-hydrogen) atoms. The number of para-hydroxylation sites is 1. The van der Waals surface area contributed by atoms with Gasteiger partial charge in [-0.05, 0) is 30.4 Å². The van der Waals surface area contributed by atoms with Crippen LogP contribution in [-0.2, 0) is 5.41 Å². The first-order valence-electron chi connectivity index (χ1n) is 6.32. The third-order valence-corrected chi connectivity index (χ3v) is 3.16. The second-order valence-corrected chi connectivity index (χ2v) is 6.00. The summed E-state index contributed by atoms with van der Waals surface area (Å²) >= 11 is 0. The largest absolute Gasteiger partial charge is 0.388 e. The lowest BCUT2D eigenvalue weighted by atomic mass is 9.85. The standard InChI is InChI=1S/C15H25NO/c1-6-15(5,17)11-16-13-10-8-7-9-12(13)14(2,3)4/h7-10,16-17H,6,11H2,1-5H3. The second kappa shape index (κ2) is 5.09. The lowest BCUT2D eigenvalue weighted by Crippen LogP contribution is -2.33. The highest BCUT2D eigenvalue weighted by molar-refractivity contribution is 5.54. The minimum absolute atomic E-state index is 0.113. The smallest absolute Gasteiger partial charge is 0.0788 e. The molecule has 0 aromatic heterocycles. The van der Waals surface area contributed by atoms with Gasteiger partial charge in [0.2, 0.25) is 0 Å². The molecule has 0 heterocycles. The molecule has 0 amide bonds. The van der Waals surface area contributed by atoms with E-state index in [0.717, 1.165) is 12.1 Å². The van der Waals surface area contributed by atoms with Crippen LogP contribution >= 0.6 is 0 Å². The first kappa shape index (κ1) is 14.0. The third kappa shape index (κ3) is 4.04. The lowest BCUT2D eigenvalue weighted by Gasteiger charge is -2.27. The molecule has 0 aliphatic heterocycles. The first-order valence-corrected chi connectivity index (χ1v) is 6.32. The van der Waals surface area contributed by atoms with E-state index in [4.69, 9.17) is 0 Å². The second-order valence-electron chi connectivity index (χ2n) is 6.00. The van der Waals surface area contributed by atoms with Crippen molar-refractivity contribution in [1.29, 1.82) is 0 Å². The van der Waals surface area contributed by atoms with Gasteiger partial charge in [-0.3, -0.25) is 0 Å². The summed E-state index contributed by atoms with van der Waals surface area (Å²) in [7, 11) is 0. The van der Waals surface area contributed by atoms with Gasteiger partial charge in [0.1, 0.15) is 0 Å². The highest BCUT2D eigenvalue weighted by Crippen LogP contribution is 2.29. The van der Waals surface area contributed by atoms with Gasteiger partial charge in [0, 0.05) is 12.2 Å². The van der Waals surface area contributed by atoms with Gasteiger partial charge in [-0.25, -0.2) is 0 Å². The molecule has 1 unspecified atom stereocenters. The number of anilines is 1. The fourth-order valence-electron chi connectivity index (χ4n) is 1.70. The number of nitrogens with one attached hydrogen (secondary N) is 1. The number of hydrogen-bond donors (Lipinski definition) is 2. The first-order chi connectivity index (χ1) is 7.76. The summed E-state index contributed by atoms with van der Waals surface area (Å²) in [4.78, 5) is 0. The molecule has 2 N–H and O–H groups in total. The minimum atomic E-state index is -0.648. The maximum atomic E-state index is 10.0. The molecule has 0 saturated carbocycles. The molecule has 0 bridgehead atoms. The molecule has 96 valence electrons. The molecule has 1 atom stereocenters. The SMILES string of the molecule is CCC(C)(O)CNc1ccccc1C(C)(C)C. The normalized spacial score (nSPS) is 15.4. The summed E-state index contributed by atoms with van der Waals surface area (Å²) in [6, 6.07) is 8.30. The molecule has 1 aromatic carbocycles. The van der Waals surface area contributed by atoms with Gasteiger partial charge < -0.3 is 10.4 Å². The van der Waals surface area contributed by atoms with Crippen LogP contribution in [0.4, 0.5) is 5.69 Å². The molecule has 0 aliphatic rings. The van der Waals surface area contributed by atoms with Gasteiger partial charge in [0.15, 0.2) is 0 Å². The zero-order valence-corrected chi connectivity index (χ0v) is 11.7. The lowest BCUT2D eigenvalue weighted by molar-refractivity contribution is 0.0697. The predicted molar refractivity (Wildman–Crippen MR) is 74.5 cm³/mol. The molecule has 0 radical (unpaired) electrons. The summed E-state index contributed by atoms with van der Waals surface area (Å²) in [5.41, 5.74) is 1.87. The molecule has 0 aliphatic carbocycles. The van der Waals surface area contributed by atoms with E-state index in [1.54, 1.807) is 0 Å². The molecular formula is C15H25NO. The van der Waals surface area contributed by atoms with Crippen molar-refractivity contribution in [2.75, 3.05) is 11.9 Å². The van der Waals surface area contributed by atoms with Crippen LogP contribution in [-0.4, -0.2) is 17.3 Å². The maximum absolute atomic E-state index is 10.0. The van der Waals surface area contributed by atoms with Crippen LogP contribution in [0.3, 0.4) is 0 Å². The Kier molecular flexibility index (Phi) is 4.21. The van der Waals surface area contributed by atoms with E-state index in [2.05, 4.69) is 44.3 Å². The highest BCUT2D eigenvalue weighted by Gasteiger charge is 2.20. The van der Waals surface area contributed by atoms with Crippen LogP contribution in [0.1, 0.15) is 46.6 Å². The van der Waals surface area contributed by atoms with E-state index in [1.807, 2.05) is 19.9 Å². The van der Waals surface area contributed by atoms with Crippen LogP contribution in [0.5, 0.6) is 0 Å². The zero-order chi connectivity index (χ0) is 13.1. The molecule has 1 aromatic rings. The summed E-state index contributed by atoms with van der Waals surface area (Å²) in [5, 5.41) is 13.4. The van der Waals surface area contributed by atoms with E-state index < -0.39 is 5.60 Å². The van der Waals surface area contributed by atoms with Crippen LogP contribution in [0.15, 0.2) is 24.3 Å². The molecular weight excluding hydrogens is 210 g/mol. The average molecular weight is 235 g/mol. The molecule has 1 rings (SSSR count). The van der Waals surface area contributed by atoms with Gasteiger partial charge in [-0.1, -0.05) is 45.9 Å². The third-order valence-electron chi connectivity index (χ3n) is 3.16. The van der Waals surface area contributed by atoms with Crippen molar-refractivity contribution >= 4 is 5.69 Å². The molecule has 0 saturated heterocycles. The van der Waals surface area contributed by atoms with E-state index in [1.165, 1.54) is 5.56 Å². The Morgan fingerprint density at radius 2 is 1.71 bits per heavy atom. The summed E-state index contributed by atoms with van der Waals surface area (Å²) in [5.74, 6) is 0. The summed E-state index contributed by atoms with van der Waals surface area (Å²) in [6.45, 7) is 11.0. The molecule has 0 fully saturated rings. The van der Waals surface area contributed by atoms with Gasteiger partial charge in [-0.2, -0.15) is 0 Å². The monoisotopic (exact) mass is 235 g/mol. The Hall–Kier alpha value is -1.02. The predicted octanol–water partition coefficient (Wildman–Crippen LogP) is 3.56. The minimum Gasteiger partial charge on any atom is -0.388 e. The molecule has 2 heteroatoms. The fraction of sp³-hybridized carbons (Fsp3) is 0.600. The van der Waals surface area contributed by atoms with Crippen LogP contribution in [0.25, 0.3) is 0 Å². The average Bonchev–Trinajstić information content (AvgIpc) is 2.26. The van der Waals surface area contributed by atoms with Gasteiger partial charge in [0.05, 0.1) is 5.60 Å². The Balaban J connectivity index is 2.85. The summed E-state index contributed by atoms with van der Waals surface area (Å²) < 4.78 is 0. The van der Waals surface area contributed by atoms with E-state index >= 15 is 0 Å². The van der Waals surface area contributed by atoms with Gasteiger partial charge in [0.25, 0.3) is 0 Å². The van der Waals surface area contributed by atoms with Crippen molar-refractivity contribution in [2.24, 2.45) is 0 Å². The van der Waals surface area contributed by atoms with Crippen LogP contribution in [0, 0.1) is 0 Å². The van der Waals surface area contributed by atoms with Crippen molar-refractivity contribution in [3.63, 3.8) is 0 Å². The van der Waals surface area contributed by atoms with Gasteiger partial charge >= 0.3 is 0 Å². The van der Waals surface area contributed by atoms with Crippen LogP contribution < -0.4 is 5.32 Å². The number of benzene rings is 1. The fourth-order valence-corrected chi connectivity index (χ4v) is 1.70. The van der Waals surface area contributed by atoms with E-state index in [-0.39, 0.29) is 5.41 Å². The highest BCUT2D eigenvalue weighted by atomic mass is 16.3. The molecule has 0 spiro atoms. The number of hydrogen-bond acceptors (Lipinski definition) is 2. The van der Waals surface area contributed by atoms with Crippen molar-refractivity contribution in [1.82, 2.24) is 0 Å². The van der Waals surface area contributed by atoms with Crippen molar-refractivity contribution in [3.8, 4) is 0 Å². The topological polar surface area (TPSA) is 32.3 Å². The van der Waals surface area contributed by atoms with Crippen molar-refractivity contribution in [2.45, 2.75) is 52.1 Å². The van der Waals surface area contributed by atoms with Crippen molar-refractivity contribution < 1.29 is 5.11 Å². The Morgan fingerprint density at radius 1 is 1.12 bits per heavy atom. The number of rotatable bonds is 4. The summed E-state index contributed by atoms with van der Waals surface area (Å²) in [6.07, 6.45) is 0.748. The quantitative estimate of drug-likeness (QED) is 0.836. The Morgan fingerprint density at radius 3 is 2.24 bits per heavy atom. The van der Waals surface area contributed by atoms with E-state index in [9.17, 15) is 5.11 Å². The number of aliphatic hydroxyl groups is 1. The van der Waals surface area contributed by atoms with E-state index in [0.29, 0.717) is 6.54 Å². The van der Waals surface area contributed by atoms with Crippen LogP contribution in [0.2, 0.25) is 0 Å². The molecule has 2 nitrogen and oxygen atoms in total.